The molecule has 0 radical (unpaired) electrons. The molecular weight excluding hydrogens is 288 g/mol. The number of aryl methyl sites for hydroxylation is 1. The summed E-state index contributed by atoms with van der Waals surface area (Å²) >= 11 is 0. The summed E-state index contributed by atoms with van der Waals surface area (Å²) in [6, 6.07) is 8.12. The first-order valence-corrected chi connectivity index (χ1v) is 7.94. The minimum absolute atomic E-state index is 0.0249. The van der Waals surface area contributed by atoms with Crippen molar-refractivity contribution in [3.63, 3.8) is 0 Å². The first-order chi connectivity index (χ1) is 10.9. The number of carbonyl (C=O) groups is 1. The molecule has 1 atom stereocenters. The van der Waals surface area contributed by atoms with Crippen LogP contribution in [-0.4, -0.2) is 20.5 Å². The van der Waals surface area contributed by atoms with E-state index in [4.69, 9.17) is 0 Å². The number of hydrogen-bond acceptors (Lipinski definition) is 4. The number of rotatable bonds is 1. The summed E-state index contributed by atoms with van der Waals surface area (Å²) < 4.78 is 1.82. The van der Waals surface area contributed by atoms with Gasteiger partial charge in [-0.2, -0.15) is 10.1 Å². The number of aromatic nitrogens is 3. The summed E-state index contributed by atoms with van der Waals surface area (Å²) in [7, 11) is 0. The van der Waals surface area contributed by atoms with Crippen molar-refractivity contribution in [3.05, 3.63) is 53.0 Å². The molecule has 0 amide bonds. The van der Waals surface area contributed by atoms with Crippen LogP contribution in [0.4, 0.5) is 5.95 Å². The molecule has 0 unspecified atom stereocenters. The number of carbonyl (C=O) groups excluding carboxylic acids is 1. The van der Waals surface area contributed by atoms with Crippen molar-refractivity contribution in [1.29, 1.82) is 0 Å². The van der Waals surface area contributed by atoms with Crippen LogP contribution in [0, 0.1) is 12.3 Å². The van der Waals surface area contributed by atoms with Crippen molar-refractivity contribution in [2.24, 2.45) is 5.41 Å². The average Bonchev–Trinajstić information content (AvgIpc) is 2.92. The van der Waals surface area contributed by atoms with Gasteiger partial charge in [-0.15, -0.1) is 0 Å². The van der Waals surface area contributed by atoms with Crippen LogP contribution in [0.25, 0.3) is 0 Å². The van der Waals surface area contributed by atoms with Crippen LogP contribution in [0.3, 0.4) is 0 Å². The summed E-state index contributed by atoms with van der Waals surface area (Å²) in [6.07, 6.45) is 2.96. The van der Waals surface area contributed by atoms with Gasteiger partial charge in [0, 0.05) is 17.7 Å². The van der Waals surface area contributed by atoms with Gasteiger partial charge in [-0.3, -0.25) is 4.79 Å². The molecule has 0 saturated carbocycles. The maximum atomic E-state index is 12.9. The third kappa shape index (κ3) is 2.27. The molecule has 0 spiro atoms. The Morgan fingerprint density at radius 3 is 2.70 bits per heavy atom. The van der Waals surface area contributed by atoms with Gasteiger partial charge in [0.05, 0.1) is 0 Å². The molecular formula is C18H20N4O. The number of ketones is 1. The lowest BCUT2D eigenvalue weighted by atomic mass is 9.73. The van der Waals surface area contributed by atoms with Gasteiger partial charge in [0.15, 0.2) is 5.78 Å². The van der Waals surface area contributed by atoms with Gasteiger partial charge < -0.3 is 5.32 Å². The van der Waals surface area contributed by atoms with Gasteiger partial charge in [-0.05, 0) is 24.3 Å². The molecule has 23 heavy (non-hydrogen) atoms. The molecule has 4 rings (SSSR count). The Hall–Kier alpha value is -2.43. The van der Waals surface area contributed by atoms with E-state index in [1.165, 1.54) is 11.9 Å². The van der Waals surface area contributed by atoms with E-state index in [2.05, 4.69) is 60.4 Å². The van der Waals surface area contributed by atoms with Gasteiger partial charge in [-0.25, -0.2) is 4.68 Å². The van der Waals surface area contributed by atoms with Gasteiger partial charge in [-0.1, -0.05) is 43.7 Å². The molecule has 1 N–H and O–H groups in total. The average molecular weight is 308 g/mol. The minimum atomic E-state index is -0.187. The second-order valence-corrected chi connectivity index (χ2v) is 7.30. The molecule has 2 aliphatic rings. The third-order valence-corrected chi connectivity index (χ3v) is 4.67. The van der Waals surface area contributed by atoms with Crippen molar-refractivity contribution in [2.45, 2.75) is 39.7 Å². The fourth-order valence-electron chi connectivity index (χ4n) is 3.61. The van der Waals surface area contributed by atoms with E-state index in [1.54, 1.807) is 0 Å². The number of hydrogen-bond donors (Lipinski definition) is 1. The van der Waals surface area contributed by atoms with Gasteiger partial charge in [0.25, 0.3) is 0 Å². The largest absolute Gasteiger partial charge is 0.328 e. The highest BCUT2D eigenvalue weighted by atomic mass is 16.1. The Morgan fingerprint density at radius 1 is 1.22 bits per heavy atom. The van der Waals surface area contributed by atoms with Crippen LogP contribution in [0.15, 0.2) is 41.9 Å². The standard InChI is InChI=1S/C18H20N4O/c1-11-4-6-12(7-5-11)16-15-13(8-18(2,3)9-14(15)23)21-17-19-10-20-22(16)17/h4-7,10,16H,8-9H2,1-3H3,(H,19,20,21)/t16-/m1/s1. The molecule has 5 heteroatoms. The third-order valence-electron chi connectivity index (χ3n) is 4.67. The predicted molar refractivity (Wildman–Crippen MR) is 88.0 cm³/mol. The molecule has 1 aliphatic carbocycles. The van der Waals surface area contributed by atoms with Crippen molar-refractivity contribution in [2.75, 3.05) is 5.32 Å². The second kappa shape index (κ2) is 4.78. The molecule has 0 fully saturated rings. The Labute approximate surface area is 135 Å². The zero-order valence-corrected chi connectivity index (χ0v) is 13.6. The lowest BCUT2D eigenvalue weighted by molar-refractivity contribution is -0.118. The van der Waals surface area contributed by atoms with E-state index in [9.17, 15) is 4.79 Å². The highest BCUT2D eigenvalue weighted by Crippen LogP contribution is 2.44. The smallest absolute Gasteiger partial charge is 0.226 e. The van der Waals surface area contributed by atoms with E-state index in [0.717, 1.165) is 23.3 Å². The van der Waals surface area contributed by atoms with Crippen LogP contribution in [-0.2, 0) is 4.79 Å². The topological polar surface area (TPSA) is 59.8 Å². The molecule has 2 heterocycles. The number of nitrogens with zero attached hydrogens (tertiary/aromatic N) is 3. The van der Waals surface area contributed by atoms with E-state index < -0.39 is 0 Å². The number of fused-ring (bicyclic) bond motifs is 1. The van der Waals surface area contributed by atoms with E-state index in [0.29, 0.717) is 12.4 Å². The zero-order chi connectivity index (χ0) is 16.2. The fraction of sp³-hybridized carbons (Fsp3) is 0.389. The molecule has 1 aromatic heterocycles. The number of nitrogens with one attached hydrogen (secondary N) is 1. The summed E-state index contributed by atoms with van der Waals surface area (Å²) in [6.45, 7) is 6.33. The molecule has 5 nitrogen and oxygen atoms in total. The maximum absolute atomic E-state index is 12.9. The van der Waals surface area contributed by atoms with Crippen molar-refractivity contribution in [1.82, 2.24) is 14.8 Å². The first-order valence-electron chi connectivity index (χ1n) is 7.94. The minimum Gasteiger partial charge on any atom is -0.328 e. The zero-order valence-electron chi connectivity index (χ0n) is 13.6. The van der Waals surface area contributed by atoms with Crippen molar-refractivity contribution in [3.8, 4) is 0 Å². The van der Waals surface area contributed by atoms with Crippen LogP contribution in [0.1, 0.15) is 43.9 Å². The number of Topliss-reactive ketones (excluding diaryl/α,β-unsaturated/α-hetero) is 1. The van der Waals surface area contributed by atoms with Gasteiger partial charge in [0.2, 0.25) is 5.95 Å². The second-order valence-electron chi connectivity index (χ2n) is 7.30. The molecule has 118 valence electrons. The van der Waals surface area contributed by atoms with Gasteiger partial charge in [0.1, 0.15) is 12.4 Å². The summed E-state index contributed by atoms with van der Waals surface area (Å²) in [4.78, 5) is 17.2. The number of allylic oxidation sites excluding steroid dienone is 2. The summed E-state index contributed by atoms with van der Waals surface area (Å²) in [5.41, 5.74) is 4.09. The van der Waals surface area contributed by atoms with Crippen LogP contribution >= 0.6 is 0 Å². The highest BCUT2D eigenvalue weighted by Gasteiger charge is 2.41. The Morgan fingerprint density at radius 2 is 1.96 bits per heavy atom. The SMILES string of the molecule is Cc1ccc([C@@H]2C3=C(CC(C)(C)CC3=O)Nc3ncnn32)cc1. The Kier molecular flexibility index (Phi) is 2.95. The monoisotopic (exact) mass is 308 g/mol. The van der Waals surface area contributed by atoms with Crippen LogP contribution < -0.4 is 5.32 Å². The van der Waals surface area contributed by atoms with Crippen molar-refractivity contribution < 1.29 is 4.79 Å². The quantitative estimate of drug-likeness (QED) is 0.878. The van der Waals surface area contributed by atoms with E-state index >= 15 is 0 Å². The molecule has 0 bridgehead atoms. The van der Waals surface area contributed by atoms with Gasteiger partial charge >= 0.3 is 0 Å². The number of anilines is 1. The summed E-state index contributed by atoms with van der Waals surface area (Å²) in [5.74, 6) is 0.912. The molecule has 2 aromatic rings. The number of benzene rings is 1. The first kappa shape index (κ1) is 14.2. The van der Waals surface area contributed by atoms with E-state index in [-0.39, 0.29) is 17.2 Å². The van der Waals surface area contributed by atoms with E-state index in [1.807, 2.05) is 4.68 Å². The maximum Gasteiger partial charge on any atom is 0.226 e. The molecule has 1 aliphatic heterocycles. The highest BCUT2D eigenvalue weighted by molar-refractivity contribution is 6.00. The predicted octanol–water partition coefficient (Wildman–Crippen LogP) is 3.24. The fourth-order valence-corrected chi connectivity index (χ4v) is 3.61. The lowest BCUT2D eigenvalue weighted by Gasteiger charge is -2.38. The Balaban J connectivity index is 1.89. The van der Waals surface area contributed by atoms with Crippen molar-refractivity contribution >= 4 is 11.7 Å². The van der Waals surface area contributed by atoms with Crippen LogP contribution in [0.2, 0.25) is 0 Å². The normalized spacial score (nSPS) is 22.4. The molecule has 0 saturated heterocycles. The Bertz CT molecular complexity index is 814. The van der Waals surface area contributed by atoms with Crippen LogP contribution in [0.5, 0.6) is 0 Å². The lowest BCUT2D eigenvalue weighted by Crippen LogP contribution is -2.36. The summed E-state index contributed by atoms with van der Waals surface area (Å²) in [5, 5.41) is 7.68. The molecule has 1 aromatic carbocycles.